The van der Waals surface area contributed by atoms with E-state index < -0.39 is 10.0 Å². The smallest absolute Gasteiger partial charge is 0.243 e. The quantitative estimate of drug-likeness (QED) is 0.620. The summed E-state index contributed by atoms with van der Waals surface area (Å²) in [5.41, 5.74) is 1.05. The molecule has 0 amide bonds. The van der Waals surface area contributed by atoms with Crippen molar-refractivity contribution in [3.63, 3.8) is 0 Å². The highest BCUT2D eigenvalue weighted by Gasteiger charge is 2.41. The van der Waals surface area contributed by atoms with Crippen molar-refractivity contribution < 1.29 is 13.2 Å². The van der Waals surface area contributed by atoms with Crippen molar-refractivity contribution in [2.45, 2.75) is 36.9 Å². The molecule has 3 rings (SSSR count). The molecule has 2 heterocycles. The summed E-state index contributed by atoms with van der Waals surface area (Å²) >= 11 is 0. The number of rotatable bonds is 2. The second kappa shape index (κ2) is 5.31. The molecule has 1 fully saturated rings. The summed E-state index contributed by atoms with van der Waals surface area (Å²) in [6.07, 6.45) is 6.22. The summed E-state index contributed by atoms with van der Waals surface area (Å²) in [5, 5.41) is 0. The minimum Gasteiger partial charge on any atom is -0.368 e. The maximum absolute atomic E-state index is 12.7. The van der Waals surface area contributed by atoms with Gasteiger partial charge in [0.15, 0.2) is 0 Å². The molecule has 108 valence electrons. The van der Waals surface area contributed by atoms with Crippen LogP contribution in [-0.2, 0) is 14.8 Å². The predicted octanol–water partition coefficient (Wildman–Crippen LogP) is 2.10. The van der Waals surface area contributed by atoms with Crippen LogP contribution in [0.2, 0.25) is 0 Å². The van der Waals surface area contributed by atoms with E-state index in [1.165, 1.54) is 4.31 Å². The van der Waals surface area contributed by atoms with E-state index in [1.807, 2.05) is 31.2 Å². The van der Waals surface area contributed by atoms with Crippen molar-refractivity contribution in [2.75, 3.05) is 13.1 Å². The maximum Gasteiger partial charge on any atom is 0.243 e. The number of ether oxygens (including phenoxy) is 1. The first-order valence-electron chi connectivity index (χ1n) is 6.94. The van der Waals surface area contributed by atoms with Gasteiger partial charge in [-0.3, -0.25) is 0 Å². The average molecular weight is 293 g/mol. The fourth-order valence-electron chi connectivity index (χ4n) is 2.49. The molecule has 5 heteroatoms. The summed E-state index contributed by atoms with van der Waals surface area (Å²) in [6.45, 7) is 2.82. The van der Waals surface area contributed by atoms with Crippen molar-refractivity contribution in [3.05, 3.63) is 42.0 Å². The Bertz CT molecular complexity index is 607. The Morgan fingerprint density at radius 2 is 1.90 bits per heavy atom. The van der Waals surface area contributed by atoms with E-state index in [0.29, 0.717) is 18.0 Å². The first kappa shape index (κ1) is 13.8. The van der Waals surface area contributed by atoms with Gasteiger partial charge in [-0.25, -0.2) is 8.42 Å². The number of nitrogens with zero attached hydrogens (tertiary/aromatic N) is 1. The van der Waals surface area contributed by atoms with E-state index >= 15 is 0 Å². The fourth-order valence-corrected chi connectivity index (χ4v) is 3.90. The Labute approximate surface area is 120 Å². The zero-order chi connectivity index (χ0) is 14.2. The first-order chi connectivity index (χ1) is 9.57. The number of aryl methyl sites for hydroxylation is 1. The van der Waals surface area contributed by atoms with Gasteiger partial charge >= 0.3 is 0 Å². The maximum atomic E-state index is 12.7. The van der Waals surface area contributed by atoms with E-state index in [9.17, 15) is 8.42 Å². The zero-order valence-corrected chi connectivity index (χ0v) is 12.3. The van der Waals surface area contributed by atoms with Gasteiger partial charge in [-0.2, -0.15) is 4.31 Å². The SMILES string of the molecule is Cc1ccc(S(=O)(=O)N2C/C=C\CCC3OC3C2)cc1. The lowest BCUT2D eigenvalue weighted by atomic mass is 10.2. The number of hydrogen-bond acceptors (Lipinski definition) is 3. The standard InChI is InChI=1S/C15H19NO3S/c1-12-6-8-13(9-7-12)20(17,18)16-10-4-2-3-5-14-15(11-16)19-14/h2,4,6-9,14-15H,3,5,10-11H2,1H3/b4-2-. The van der Waals surface area contributed by atoms with Crippen LogP contribution in [0.1, 0.15) is 18.4 Å². The van der Waals surface area contributed by atoms with Crippen molar-refractivity contribution in [1.82, 2.24) is 4.31 Å². The molecular formula is C15H19NO3S. The van der Waals surface area contributed by atoms with Gasteiger partial charge in [0.2, 0.25) is 10.0 Å². The van der Waals surface area contributed by atoms with Crippen LogP contribution in [0.5, 0.6) is 0 Å². The lowest BCUT2D eigenvalue weighted by Crippen LogP contribution is -2.34. The van der Waals surface area contributed by atoms with Crippen LogP contribution in [0.15, 0.2) is 41.3 Å². The molecule has 0 radical (unpaired) electrons. The van der Waals surface area contributed by atoms with Crippen LogP contribution in [0.4, 0.5) is 0 Å². The molecule has 2 aliphatic heterocycles. The number of sulfonamides is 1. The van der Waals surface area contributed by atoms with Gasteiger partial charge in [-0.1, -0.05) is 29.8 Å². The average Bonchev–Trinajstić information content (AvgIpc) is 3.14. The van der Waals surface area contributed by atoms with Crippen LogP contribution >= 0.6 is 0 Å². The summed E-state index contributed by atoms with van der Waals surface area (Å²) in [7, 11) is -3.44. The number of fused-ring (bicyclic) bond motifs is 1. The van der Waals surface area contributed by atoms with Gasteiger partial charge in [0, 0.05) is 13.1 Å². The van der Waals surface area contributed by atoms with Gasteiger partial charge in [-0.05, 0) is 31.9 Å². The summed E-state index contributed by atoms with van der Waals surface area (Å²) in [5.74, 6) is 0. The van der Waals surface area contributed by atoms with Crippen LogP contribution in [0, 0.1) is 6.92 Å². The molecule has 0 aromatic heterocycles. The molecule has 2 aliphatic rings. The lowest BCUT2D eigenvalue weighted by Gasteiger charge is -2.20. The Morgan fingerprint density at radius 1 is 1.15 bits per heavy atom. The van der Waals surface area contributed by atoms with E-state index in [1.54, 1.807) is 12.1 Å². The third-order valence-corrected chi connectivity index (χ3v) is 5.67. The van der Waals surface area contributed by atoms with Crippen molar-refractivity contribution in [2.24, 2.45) is 0 Å². The predicted molar refractivity (Wildman–Crippen MR) is 77.0 cm³/mol. The molecule has 4 nitrogen and oxygen atoms in total. The minimum absolute atomic E-state index is 0.0649. The van der Waals surface area contributed by atoms with Crippen LogP contribution in [0.25, 0.3) is 0 Å². The van der Waals surface area contributed by atoms with Crippen LogP contribution in [-0.4, -0.2) is 38.0 Å². The molecule has 0 N–H and O–H groups in total. The summed E-state index contributed by atoms with van der Waals surface area (Å²) < 4.78 is 32.4. The highest BCUT2D eigenvalue weighted by atomic mass is 32.2. The van der Waals surface area contributed by atoms with Gasteiger partial charge in [0.1, 0.15) is 0 Å². The third kappa shape index (κ3) is 2.80. The fraction of sp³-hybridized carbons (Fsp3) is 0.467. The number of hydrogen-bond donors (Lipinski definition) is 0. The van der Waals surface area contributed by atoms with Gasteiger partial charge in [-0.15, -0.1) is 0 Å². The van der Waals surface area contributed by atoms with Crippen LogP contribution < -0.4 is 0 Å². The van der Waals surface area contributed by atoms with Gasteiger partial charge in [0.05, 0.1) is 17.1 Å². The highest BCUT2D eigenvalue weighted by molar-refractivity contribution is 7.89. The molecule has 1 aromatic carbocycles. The normalized spacial score (nSPS) is 28.9. The van der Waals surface area contributed by atoms with Gasteiger partial charge in [0.25, 0.3) is 0 Å². The molecule has 0 aliphatic carbocycles. The monoisotopic (exact) mass is 293 g/mol. The van der Waals surface area contributed by atoms with E-state index in [4.69, 9.17) is 4.74 Å². The Balaban J connectivity index is 1.86. The number of benzene rings is 1. The summed E-state index contributed by atoms with van der Waals surface area (Å²) in [4.78, 5) is 0.355. The second-order valence-corrected chi connectivity index (χ2v) is 7.33. The zero-order valence-electron chi connectivity index (χ0n) is 11.5. The first-order valence-corrected chi connectivity index (χ1v) is 8.38. The minimum atomic E-state index is -3.44. The highest BCUT2D eigenvalue weighted by Crippen LogP contribution is 2.30. The molecule has 2 atom stereocenters. The Morgan fingerprint density at radius 3 is 2.65 bits per heavy atom. The molecule has 2 unspecified atom stereocenters. The molecule has 0 bridgehead atoms. The number of allylic oxidation sites excluding steroid dienone is 1. The number of epoxide rings is 1. The molecular weight excluding hydrogens is 274 g/mol. The second-order valence-electron chi connectivity index (χ2n) is 5.40. The summed E-state index contributed by atoms with van der Waals surface area (Å²) in [6, 6.07) is 7.00. The molecule has 20 heavy (non-hydrogen) atoms. The molecule has 1 aromatic rings. The van der Waals surface area contributed by atoms with Gasteiger partial charge < -0.3 is 4.74 Å². The molecule has 1 saturated heterocycles. The van der Waals surface area contributed by atoms with E-state index in [0.717, 1.165) is 18.4 Å². The Hall–Kier alpha value is -1.17. The van der Waals surface area contributed by atoms with E-state index in [2.05, 4.69) is 0 Å². The van der Waals surface area contributed by atoms with Crippen molar-refractivity contribution in [3.8, 4) is 0 Å². The van der Waals surface area contributed by atoms with E-state index in [-0.39, 0.29) is 12.2 Å². The van der Waals surface area contributed by atoms with Crippen LogP contribution in [0.3, 0.4) is 0 Å². The Kier molecular flexibility index (Phi) is 3.67. The molecule has 0 spiro atoms. The third-order valence-electron chi connectivity index (χ3n) is 3.82. The lowest BCUT2D eigenvalue weighted by molar-refractivity contribution is 0.328. The largest absolute Gasteiger partial charge is 0.368 e. The molecule has 0 saturated carbocycles. The van der Waals surface area contributed by atoms with Crippen molar-refractivity contribution >= 4 is 10.0 Å². The van der Waals surface area contributed by atoms with Crippen molar-refractivity contribution in [1.29, 1.82) is 0 Å². The topological polar surface area (TPSA) is 49.9 Å².